The second-order valence-corrected chi connectivity index (χ2v) is 7.64. The van der Waals surface area contributed by atoms with Gasteiger partial charge < -0.3 is 10.6 Å². The highest BCUT2D eigenvalue weighted by atomic mass is 19.1. The second kappa shape index (κ2) is 8.95. The highest BCUT2D eigenvalue weighted by Crippen LogP contribution is 2.21. The van der Waals surface area contributed by atoms with E-state index in [9.17, 15) is 14.0 Å². The fraction of sp³-hybridized carbons (Fsp3) is 0.409. The number of hydrogen-bond acceptors (Lipinski definition) is 3. The van der Waals surface area contributed by atoms with E-state index in [1.807, 2.05) is 13.8 Å². The lowest BCUT2D eigenvalue weighted by Gasteiger charge is -2.30. The first-order valence-electron chi connectivity index (χ1n) is 9.75. The van der Waals surface area contributed by atoms with Gasteiger partial charge in [0.1, 0.15) is 5.82 Å². The van der Waals surface area contributed by atoms with Crippen LogP contribution >= 0.6 is 0 Å². The number of nitrogens with zero attached hydrogens (tertiary/aromatic N) is 1. The molecule has 2 atom stereocenters. The number of carbonyl (C=O) groups excluding carboxylic acids is 2. The van der Waals surface area contributed by atoms with Crippen molar-refractivity contribution in [2.45, 2.75) is 51.6 Å². The maximum atomic E-state index is 13.4. The molecular formula is C22H26FN3O2. The Morgan fingerprint density at radius 3 is 2.50 bits per heavy atom. The molecule has 0 radical (unpaired) electrons. The van der Waals surface area contributed by atoms with Crippen LogP contribution in [0.4, 0.5) is 4.39 Å². The van der Waals surface area contributed by atoms with Gasteiger partial charge in [0.05, 0.1) is 11.3 Å². The van der Waals surface area contributed by atoms with Crippen LogP contribution in [0.3, 0.4) is 0 Å². The van der Waals surface area contributed by atoms with Crippen molar-refractivity contribution in [1.29, 1.82) is 0 Å². The van der Waals surface area contributed by atoms with Gasteiger partial charge in [0.15, 0.2) is 0 Å². The highest BCUT2D eigenvalue weighted by molar-refractivity contribution is 5.94. The van der Waals surface area contributed by atoms with Gasteiger partial charge in [0.25, 0.3) is 5.91 Å². The Morgan fingerprint density at radius 2 is 1.86 bits per heavy atom. The summed E-state index contributed by atoms with van der Waals surface area (Å²) < 4.78 is 13.4. The van der Waals surface area contributed by atoms with Crippen molar-refractivity contribution in [2.75, 3.05) is 0 Å². The summed E-state index contributed by atoms with van der Waals surface area (Å²) in [5, 5.41) is 6.10. The summed E-state index contributed by atoms with van der Waals surface area (Å²) in [5.74, 6) is -0.497. The van der Waals surface area contributed by atoms with Crippen molar-refractivity contribution < 1.29 is 14.0 Å². The van der Waals surface area contributed by atoms with Crippen molar-refractivity contribution in [1.82, 2.24) is 15.6 Å². The molecule has 0 saturated heterocycles. The van der Waals surface area contributed by atoms with E-state index in [2.05, 4.69) is 15.6 Å². The third-order valence-electron chi connectivity index (χ3n) is 5.03. The molecule has 0 unspecified atom stereocenters. The molecule has 0 spiro atoms. The molecule has 28 heavy (non-hydrogen) atoms. The standard InChI is InChI=1S/C22H26FN3O2/c1-14(2)21(27)25-18-7-4-8-19(12-18)26-22(28)16-9-10-20(24-13-16)15-5-3-6-17(23)11-15/h3,5-6,9-11,13-14,18-19H,4,7-8,12H2,1-2H3,(H,25,27)(H,26,28)/t18-,19-/m0/s1. The minimum Gasteiger partial charge on any atom is -0.353 e. The first-order valence-corrected chi connectivity index (χ1v) is 9.75. The number of pyridine rings is 1. The Balaban J connectivity index is 1.59. The van der Waals surface area contributed by atoms with E-state index in [1.54, 1.807) is 24.3 Å². The maximum Gasteiger partial charge on any atom is 0.253 e. The van der Waals surface area contributed by atoms with Gasteiger partial charge in [0, 0.05) is 29.8 Å². The second-order valence-electron chi connectivity index (χ2n) is 7.64. The van der Waals surface area contributed by atoms with E-state index in [0.29, 0.717) is 16.8 Å². The third-order valence-corrected chi connectivity index (χ3v) is 5.03. The minimum atomic E-state index is -0.322. The summed E-state index contributed by atoms with van der Waals surface area (Å²) in [5.41, 5.74) is 1.75. The van der Waals surface area contributed by atoms with Crippen molar-refractivity contribution in [3.63, 3.8) is 0 Å². The van der Waals surface area contributed by atoms with Crippen LogP contribution in [0.5, 0.6) is 0 Å². The molecule has 1 fully saturated rings. The van der Waals surface area contributed by atoms with Crippen molar-refractivity contribution in [3.05, 3.63) is 54.0 Å². The Morgan fingerprint density at radius 1 is 1.11 bits per heavy atom. The lowest BCUT2D eigenvalue weighted by Crippen LogP contribution is -2.46. The molecule has 1 aromatic carbocycles. The smallest absolute Gasteiger partial charge is 0.253 e. The van der Waals surface area contributed by atoms with E-state index >= 15 is 0 Å². The monoisotopic (exact) mass is 383 g/mol. The lowest BCUT2D eigenvalue weighted by molar-refractivity contribution is -0.124. The zero-order valence-electron chi connectivity index (χ0n) is 16.2. The summed E-state index contributed by atoms with van der Waals surface area (Å²) in [6.07, 6.45) is 5.05. The molecule has 148 valence electrons. The summed E-state index contributed by atoms with van der Waals surface area (Å²) in [6.45, 7) is 3.75. The average Bonchev–Trinajstić information content (AvgIpc) is 2.68. The molecule has 3 rings (SSSR count). The number of aromatic nitrogens is 1. The molecule has 0 bridgehead atoms. The molecule has 1 aliphatic rings. The quantitative estimate of drug-likeness (QED) is 0.827. The van der Waals surface area contributed by atoms with Crippen molar-refractivity contribution in [2.24, 2.45) is 5.92 Å². The van der Waals surface area contributed by atoms with Crippen molar-refractivity contribution in [3.8, 4) is 11.3 Å². The molecule has 2 amide bonds. The lowest BCUT2D eigenvalue weighted by atomic mass is 9.90. The van der Waals surface area contributed by atoms with Gasteiger partial charge in [-0.15, -0.1) is 0 Å². The Bertz CT molecular complexity index is 836. The maximum absolute atomic E-state index is 13.4. The SMILES string of the molecule is CC(C)C(=O)N[C@H]1CCC[C@H](NC(=O)c2ccc(-c3cccc(F)c3)nc2)C1. The molecule has 1 heterocycles. The van der Waals surface area contributed by atoms with Crippen LogP contribution in [0.2, 0.25) is 0 Å². The zero-order valence-corrected chi connectivity index (χ0v) is 16.2. The number of rotatable bonds is 5. The van der Waals surface area contributed by atoms with Crippen LogP contribution < -0.4 is 10.6 Å². The van der Waals surface area contributed by atoms with Gasteiger partial charge in [-0.05, 0) is 49.9 Å². The van der Waals surface area contributed by atoms with E-state index in [4.69, 9.17) is 0 Å². The molecular weight excluding hydrogens is 357 g/mol. The first-order chi connectivity index (χ1) is 13.4. The van der Waals surface area contributed by atoms with Crippen LogP contribution in [0, 0.1) is 11.7 Å². The van der Waals surface area contributed by atoms with Gasteiger partial charge in [-0.3, -0.25) is 14.6 Å². The predicted octanol–water partition coefficient (Wildman–Crippen LogP) is 3.70. The Kier molecular flexibility index (Phi) is 6.39. The fourth-order valence-corrected chi connectivity index (χ4v) is 3.44. The molecule has 2 N–H and O–H groups in total. The van der Waals surface area contributed by atoms with E-state index in [1.165, 1.54) is 18.3 Å². The predicted molar refractivity (Wildman–Crippen MR) is 106 cm³/mol. The zero-order chi connectivity index (χ0) is 20.1. The number of amides is 2. The van der Waals surface area contributed by atoms with Gasteiger partial charge in [0.2, 0.25) is 5.91 Å². The Hall–Kier alpha value is -2.76. The molecule has 1 saturated carbocycles. The van der Waals surface area contributed by atoms with Crippen molar-refractivity contribution >= 4 is 11.8 Å². The molecule has 5 nitrogen and oxygen atoms in total. The Labute approximate surface area is 164 Å². The third kappa shape index (κ3) is 5.15. The van der Waals surface area contributed by atoms with Crippen LogP contribution in [-0.4, -0.2) is 28.9 Å². The average molecular weight is 383 g/mol. The van der Waals surface area contributed by atoms with Gasteiger partial charge in [-0.25, -0.2) is 4.39 Å². The van der Waals surface area contributed by atoms with Gasteiger partial charge in [-0.1, -0.05) is 26.0 Å². The number of halogens is 1. The summed E-state index contributed by atoms with van der Waals surface area (Å²) in [4.78, 5) is 28.7. The minimum absolute atomic E-state index is 0.0293. The molecule has 6 heteroatoms. The summed E-state index contributed by atoms with van der Waals surface area (Å²) in [6, 6.07) is 9.74. The molecule has 0 aliphatic heterocycles. The van der Waals surface area contributed by atoms with E-state index < -0.39 is 0 Å². The number of hydrogen-bond donors (Lipinski definition) is 2. The number of carbonyl (C=O) groups is 2. The topological polar surface area (TPSA) is 71.1 Å². The molecule has 2 aromatic rings. The summed E-state index contributed by atoms with van der Waals surface area (Å²) >= 11 is 0. The first kappa shape index (κ1) is 20.0. The van der Waals surface area contributed by atoms with Crippen LogP contribution in [-0.2, 0) is 4.79 Å². The number of benzene rings is 1. The largest absolute Gasteiger partial charge is 0.353 e. The van der Waals surface area contributed by atoms with E-state index in [-0.39, 0.29) is 35.6 Å². The summed E-state index contributed by atoms with van der Waals surface area (Å²) in [7, 11) is 0. The van der Waals surface area contributed by atoms with Gasteiger partial charge in [-0.2, -0.15) is 0 Å². The normalized spacial score (nSPS) is 19.3. The fourth-order valence-electron chi connectivity index (χ4n) is 3.44. The molecule has 1 aromatic heterocycles. The molecule has 1 aliphatic carbocycles. The van der Waals surface area contributed by atoms with E-state index in [0.717, 1.165) is 25.7 Å². The number of nitrogens with one attached hydrogen (secondary N) is 2. The van der Waals surface area contributed by atoms with Crippen LogP contribution in [0.15, 0.2) is 42.6 Å². The van der Waals surface area contributed by atoms with Gasteiger partial charge >= 0.3 is 0 Å². The van der Waals surface area contributed by atoms with Crippen LogP contribution in [0.1, 0.15) is 49.9 Å². The highest BCUT2D eigenvalue weighted by Gasteiger charge is 2.25. The van der Waals surface area contributed by atoms with Crippen LogP contribution in [0.25, 0.3) is 11.3 Å².